The van der Waals surface area contributed by atoms with Gasteiger partial charge >= 0.3 is 0 Å². The molecule has 1 saturated heterocycles. The van der Waals surface area contributed by atoms with Crippen LogP contribution in [0.4, 0.5) is 4.39 Å². The zero-order valence-electron chi connectivity index (χ0n) is 16.6. The van der Waals surface area contributed by atoms with E-state index in [-0.39, 0.29) is 22.4 Å². The molecule has 1 aromatic carbocycles. The van der Waals surface area contributed by atoms with Gasteiger partial charge in [-0.05, 0) is 44.6 Å². The molecule has 0 amide bonds. The van der Waals surface area contributed by atoms with Crippen LogP contribution >= 0.6 is 11.8 Å². The second-order valence-corrected chi connectivity index (χ2v) is 7.93. The second-order valence-electron chi connectivity index (χ2n) is 6.65. The Morgan fingerprint density at radius 2 is 2.04 bits per heavy atom. The van der Waals surface area contributed by atoms with E-state index in [4.69, 9.17) is 14.5 Å². The molecule has 0 radical (unpaired) electrons. The Kier molecular flexibility index (Phi) is 9.21. The van der Waals surface area contributed by atoms with Gasteiger partial charge in [0.2, 0.25) is 0 Å². The Hall–Kier alpha value is -1.47. The summed E-state index contributed by atoms with van der Waals surface area (Å²) < 4.78 is 25.3. The van der Waals surface area contributed by atoms with Gasteiger partial charge < -0.3 is 20.1 Å². The van der Waals surface area contributed by atoms with Crippen molar-refractivity contribution in [1.29, 1.82) is 0 Å². The number of benzene rings is 1. The molecule has 0 saturated carbocycles. The van der Waals surface area contributed by atoms with Crippen molar-refractivity contribution in [3.05, 3.63) is 30.1 Å². The molecule has 0 aromatic heterocycles. The number of thioether (sulfide) groups is 1. The van der Waals surface area contributed by atoms with Crippen LogP contribution in [0, 0.1) is 5.82 Å². The summed E-state index contributed by atoms with van der Waals surface area (Å²) in [7, 11) is 0. The van der Waals surface area contributed by atoms with E-state index in [2.05, 4.69) is 16.9 Å². The molecule has 1 heterocycles. The molecule has 1 aromatic rings. The Morgan fingerprint density at radius 1 is 1.30 bits per heavy atom. The van der Waals surface area contributed by atoms with Crippen molar-refractivity contribution < 1.29 is 13.9 Å². The third kappa shape index (κ3) is 6.88. The van der Waals surface area contributed by atoms with Crippen LogP contribution in [0.1, 0.15) is 33.1 Å². The first-order chi connectivity index (χ1) is 13.1. The summed E-state index contributed by atoms with van der Waals surface area (Å²) >= 11 is 1.88. The molecule has 1 aliphatic heterocycles. The standard InChI is InChI=1S/C20H32FN3O2S/c1-4-16(26-18-9-7-6-8-17(18)21)14-23-19(22-5-2)24-15-20(27-3)10-12-25-13-11-20/h6-9,16H,4-5,10-15H2,1-3H3,(H2,22,23,24). The summed E-state index contributed by atoms with van der Waals surface area (Å²) in [5.41, 5.74) is 0. The largest absolute Gasteiger partial charge is 0.486 e. The van der Waals surface area contributed by atoms with Gasteiger partial charge in [-0.25, -0.2) is 4.39 Å². The molecule has 0 spiro atoms. The Bertz CT molecular complexity index is 594. The average molecular weight is 398 g/mol. The van der Waals surface area contributed by atoms with Crippen LogP contribution in [0.3, 0.4) is 0 Å². The number of para-hydroxylation sites is 1. The Morgan fingerprint density at radius 3 is 2.67 bits per heavy atom. The van der Waals surface area contributed by atoms with Crippen molar-refractivity contribution >= 4 is 17.7 Å². The molecule has 27 heavy (non-hydrogen) atoms. The maximum atomic E-state index is 13.8. The minimum absolute atomic E-state index is 0.136. The Balaban J connectivity index is 1.94. The lowest BCUT2D eigenvalue weighted by molar-refractivity contribution is 0.0794. The smallest absolute Gasteiger partial charge is 0.191 e. The zero-order chi connectivity index (χ0) is 19.5. The summed E-state index contributed by atoms with van der Waals surface area (Å²) in [5.74, 6) is 0.725. The summed E-state index contributed by atoms with van der Waals surface area (Å²) in [4.78, 5) is 4.80. The number of ether oxygens (including phenoxy) is 2. The number of rotatable bonds is 9. The maximum absolute atomic E-state index is 13.8. The quantitative estimate of drug-likeness (QED) is 0.494. The number of aliphatic imine (C=N–C) groups is 1. The number of nitrogens with one attached hydrogen (secondary N) is 2. The van der Waals surface area contributed by atoms with Crippen molar-refractivity contribution in [3.8, 4) is 5.75 Å². The maximum Gasteiger partial charge on any atom is 0.191 e. The Labute approximate surface area is 166 Å². The van der Waals surface area contributed by atoms with Crippen molar-refractivity contribution in [1.82, 2.24) is 10.6 Å². The van der Waals surface area contributed by atoms with E-state index in [9.17, 15) is 4.39 Å². The van der Waals surface area contributed by atoms with E-state index in [1.54, 1.807) is 18.2 Å². The van der Waals surface area contributed by atoms with Gasteiger partial charge in [-0.1, -0.05) is 19.1 Å². The van der Waals surface area contributed by atoms with E-state index >= 15 is 0 Å². The van der Waals surface area contributed by atoms with E-state index in [0.717, 1.165) is 51.5 Å². The first-order valence-electron chi connectivity index (χ1n) is 9.68. The van der Waals surface area contributed by atoms with Gasteiger partial charge in [0.05, 0.1) is 13.1 Å². The molecule has 7 heteroatoms. The van der Waals surface area contributed by atoms with Gasteiger partial charge in [-0.2, -0.15) is 11.8 Å². The molecule has 1 fully saturated rings. The van der Waals surface area contributed by atoms with Crippen molar-refractivity contribution in [2.24, 2.45) is 4.99 Å². The number of nitrogens with zero attached hydrogens (tertiary/aromatic N) is 1. The third-order valence-corrected chi connectivity index (χ3v) is 6.19. The molecule has 2 rings (SSSR count). The van der Waals surface area contributed by atoms with Crippen molar-refractivity contribution in [2.75, 3.05) is 39.1 Å². The molecule has 1 atom stereocenters. The number of guanidine groups is 1. The van der Waals surface area contributed by atoms with E-state index in [0.29, 0.717) is 6.54 Å². The summed E-state index contributed by atoms with van der Waals surface area (Å²) in [6, 6.07) is 6.51. The number of hydrogen-bond acceptors (Lipinski definition) is 4. The molecule has 5 nitrogen and oxygen atoms in total. The summed E-state index contributed by atoms with van der Waals surface area (Å²) in [5, 5.41) is 6.63. The molecular formula is C20H32FN3O2S. The fraction of sp³-hybridized carbons (Fsp3) is 0.650. The zero-order valence-corrected chi connectivity index (χ0v) is 17.4. The van der Waals surface area contributed by atoms with Gasteiger partial charge in [0.15, 0.2) is 17.5 Å². The molecule has 1 aliphatic rings. The lowest BCUT2D eigenvalue weighted by atomic mass is 9.99. The van der Waals surface area contributed by atoms with Gasteiger partial charge in [0.25, 0.3) is 0 Å². The van der Waals surface area contributed by atoms with Crippen LogP contribution in [0.25, 0.3) is 0 Å². The molecule has 0 aliphatic carbocycles. The lowest BCUT2D eigenvalue weighted by Crippen LogP contribution is -2.44. The van der Waals surface area contributed by atoms with Crippen LogP contribution in [-0.4, -0.2) is 55.9 Å². The highest BCUT2D eigenvalue weighted by Gasteiger charge is 2.31. The van der Waals surface area contributed by atoms with Crippen LogP contribution in [-0.2, 0) is 4.74 Å². The highest BCUT2D eigenvalue weighted by molar-refractivity contribution is 8.00. The van der Waals surface area contributed by atoms with Gasteiger partial charge in [0, 0.05) is 24.5 Å². The van der Waals surface area contributed by atoms with Gasteiger partial charge in [-0.3, -0.25) is 4.99 Å². The predicted octanol–water partition coefficient (Wildman–Crippen LogP) is 3.45. The van der Waals surface area contributed by atoms with E-state index < -0.39 is 0 Å². The van der Waals surface area contributed by atoms with Crippen LogP contribution in [0.5, 0.6) is 5.75 Å². The highest BCUT2D eigenvalue weighted by Crippen LogP contribution is 2.33. The van der Waals surface area contributed by atoms with Crippen molar-refractivity contribution in [3.63, 3.8) is 0 Å². The topological polar surface area (TPSA) is 54.9 Å². The van der Waals surface area contributed by atoms with E-state index in [1.807, 2.05) is 25.6 Å². The monoisotopic (exact) mass is 397 g/mol. The first-order valence-corrected chi connectivity index (χ1v) is 10.9. The molecule has 1 unspecified atom stereocenters. The van der Waals surface area contributed by atoms with E-state index in [1.165, 1.54) is 6.07 Å². The third-order valence-electron chi connectivity index (χ3n) is 4.79. The minimum Gasteiger partial charge on any atom is -0.486 e. The SMILES string of the molecule is CCNC(=NCC1(SC)CCOCC1)NCC(CC)Oc1ccccc1F. The average Bonchev–Trinajstić information content (AvgIpc) is 2.71. The van der Waals surface area contributed by atoms with Crippen LogP contribution in [0.2, 0.25) is 0 Å². The van der Waals surface area contributed by atoms with Gasteiger partial charge in [0.1, 0.15) is 6.10 Å². The normalized spacial score (nSPS) is 18.0. The fourth-order valence-electron chi connectivity index (χ4n) is 2.93. The van der Waals surface area contributed by atoms with Gasteiger partial charge in [-0.15, -0.1) is 0 Å². The molecule has 152 valence electrons. The fourth-order valence-corrected chi connectivity index (χ4v) is 3.70. The number of halogens is 1. The van der Waals surface area contributed by atoms with Crippen LogP contribution < -0.4 is 15.4 Å². The van der Waals surface area contributed by atoms with Crippen LogP contribution in [0.15, 0.2) is 29.3 Å². The second kappa shape index (κ2) is 11.4. The molecule has 2 N–H and O–H groups in total. The summed E-state index contributed by atoms with van der Waals surface area (Å²) in [6.07, 6.45) is 4.82. The number of hydrogen-bond donors (Lipinski definition) is 2. The predicted molar refractivity (Wildman–Crippen MR) is 111 cm³/mol. The molecule has 0 bridgehead atoms. The highest BCUT2D eigenvalue weighted by atomic mass is 32.2. The summed E-state index contributed by atoms with van der Waals surface area (Å²) in [6.45, 7) is 7.77. The molecular weight excluding hydrogens is 365 g/mol. The lowest BCUT2D eigenvalue weighted by Gasteiger charge is -2.34. The minimum atomic E-state index is -0.335. The van der Waals surface area contributed by atoms with Crippen molar-refractivity contribution in [2.45, 2.75) is 44.0 Å². The first kappa shape index (κ1) is 21.8.